The smallest absolute Gasteiger partial charge is 0.270 e. The highest BCUT2D eigenvalue weighted by molar-refractivity contribution is 5.93. The molecule has 4 rings (SSSR count). The molecule has 1 saturated carbocycles. The number of hydrogen-bond acceptors (Lipinski definition) is 4. The molecular formula is C17H18N4O. The fourth-order valence-electron chi connectivity index (χ4n) is 2.88. The number of aromatic nitrogens is 2. The zero-order chi connectivity index (χ0) is 14.9. The maximum Gasteiger partial charge on any atom is 0.270 e. The Labute approximate surface area is 129 Å². The molecule has 1 N–H and O–H groups in total. The van der Waals surface area contributed by atoms with Crippen molar-refractivity contribution in [3.8, 4) is 0 Å². The van der Waals surface area contributed by atoms with Crippen molar-refractivity contribution in [3.05, 3.63) is 47.9 Å². The van der Waals surface area contributed by atoms with E-state index in [1.165, 1.54) is 17.6 Å². The monoisotopic (exact) mass is 294 g/mol. The van der Waals surface area contributed by atoms with Crippen LogP contribution in [0.2, 0.25) is 0 Å². The Bertz CT molecular complexity index is 711. The van der Waals surface area contributed by atoms with Crippen molar-refractivity contribution in [1.29, 1.82) is 0 Å². The minimum Gasteiger partial charge on any atom is -0.348 e. The molecule has 0 spiro atoms. The predicted molar refractivity (Wildman–Crippen MR) is 84.3 cm³/mol. The fraction of sp³-hybridized carbons (Fsp3) is 0.353. The Balaban J connectivity index is 1.64. The summed E-state index contributed by atoms with van der Waals surface area (Å²) in [6, 6.07) is 10.5. The summed E-state index contributed by atoms with van der Waals surface area (Å²) in [5, 5.41) is 2.97. The van der Waals surface area contributed by atoms with Crippen LogP contribution in [0.25, 0.3) is 0 Å². The number of benzene rings is 1. The van der Waals surface area contributed by atoms with Gasteiger partial charge >= 0.3 is 0 Å². The van der Waals surface area contributed by atoms with Crippen molar-refractivity contribution in [3.63, 3.8) is 0 Å². The SMILES string of the molecule is O=C(NC1CC1)c1cc(N2CCCc3ccccc32)ncn1. The Morgan fingerprint density at radius 2 is 2.09 bits per heavy atom. The summed E-state index contributed by atoms with van der Waals surface area (Å²) in [6.07, 6.45) is 5.80. The summed E-state index contributed by atoms with van der Waals surface area (Å²) in [4.78, 5) is 22.8. The first-order valence-electron chi connectivity index (χ1n) is 7.79. The molecule has 0 bridgehead atoms. The van der Waals surface area contributed by atoms with Crippen LogP contribution in [0.15, 0.2) is 36.7 Å². The second-order valence-corrected chi connectivity index (χ2v) is 5.89. The first-order valence-corrected chi connectivity index (χ1v) is 7.79. The standard InChI is InChI=1S/C17H18N4O/c22-17(20-13-7-8-13)14-10-16(19-11-18-14)21-9-3-5-12-4-1-2-6-15(12)21/h1-2,4,6,10-11,13H,3,5,7-9H2,(H,20,22). The van der Waals surface area contributed by atoms with E-state index in [-0.39, 0.29) is 5.91 Å². The van der Waals surface area contributed by atoms with Gasteiger partial charge in [0.2, 0.25) is 0 Å². The number of nitrogens with one attached hydrogen (secondary N) is 1. The summed E-state index contributed by atoms with van der Waals surface area (Å²) in [5.74, 6) is 0.694. The zero-order valence-electron chi connectivity index (χ0n) is 12.3. The van der Waals surface area contributed by atoms with Crippen LogP contribution < -0.4 is 10.2 Å². The van der Waals surface area contributed by atoms with Gasteiger partial charge in [0.05, 0.1) is 0 Å². The van der Waals surface area contributed by atoms with Crippen molar-refractivity contribution >= 4 is 17.4 Å². The Hall–Kier alpha value is -2.43. The van der Waals surface area contributed by atoms with E-state index < -0.39 is 0 Å². The summed E-state index contributed by atoms with van der Waals surface area (Å²) < 4.78 is 0. The van der Waals surface area contributed by atoms with Gasteiger partial charge in [0.15, 0.2) is 0 Å². The van der Waals surface area contributed by atoms with Crippen molar-refractivity contribution in [2.24, 2.45) is 0 Å². The third-order valence-electron chi connectivity index (χ3n) is 4.18. The van der Waals surface area contributed by atoms with E-state index in [0.29, 0.717) is 11.7 Å². The van der Waals surface area contributed by atoms with Gasteiger partial charge in [-0.3, -0.25) is 4.79 Å². The normalized spacial score (nSPS) is 17.0. The number of fused-ring (bicyclic) bond motifs is 1. The molecule has 0 unspecified atom stereocenters. The number of nitrogens with zero attached hydrogens (tertiary/aromatic N) is 3. The number of rotatable bonds is 3. The van der Waals surface area contributed by atoms with E-state index in [1.807, 2.05) is 6.07 Å². The number of anilines is 2. The summed E-state index contributed by atoms with van der Waals surface area (Å²) >= 11 is 0. The third kappa shape index (κ3) is 2.54. The van der Waals surface area contributed by atoms with E-state index in [9.17, 15) is 4.79 Å². The molecule has 0 atom stereocenters. The van der Waals surface area contributed by atoms with Gasteiger partial charge < -0.3 is 10.2 Å². The lowest BCUT2D eigenvalue weighted by Crippen LogP contribution is -2.28. The second-order valence-electron chi connectivity index (χ2n) is 5.89. The molecule has 1 aliphatic heterocycles. The Kier molecular flexibility index (Phi) is 3.25. The molecule has 0 radical (unpaired) electrons. The first kappa shape index (κ1) is 13.2. The average molecular weight is 294 g/mol. The molecular weight excluding hydrogens is 276 g/mol. The molecule has 22 heavy (non-hydrogen) atoms. The number of amides is 1. The van der Waals surface area contributed by atoms with Gasteiger partial charge in [-0.2, -0.15) is 0 Å². The lowest BCUT2D eigenvalue weighted by molar-refractivity contribution is 0.0946. The quantitative estimate of drug-likeness (QED) is 0.944. The van der Waals surface area contributed by atoms with Crippen molar-refractivity contribution in [2.45, 2.75) is 31.7 Å². The Morgan fingerprint density at radius 3 is 2.95 bits per heavy atom. The summed E-state index contributed by atoms with van der Waals surface area (Å²) in [7, 11) is 0. The molecule has 1 amide bonds. The lowest BCUT2D eigenvalue weighted by atomic mass is 10.0. The van der Waals surface area contributed by atoms with Crippen LogP contribution >= 0.6 is 0 Å². The Morgan fingerprint density at radius 1 is 1.23 bits per heavy atom. The largest absolute Gasteiger partial charge is 0.348 e. The highest BCUT2D eigenvalue weighted by atomic mass is 16.2. The summed E-state index contributed by atoms with van der Waals surface area (Å²) in [6.45, 7) is 0.914. The van der Waals surface area contributed by atoms with Crippen LogP contribution in [-0.2, 0) is 6.42 Å². The van der Waals surface area contributed by atoms with E-state index >= 15 is 0 Å². The first-order chi connectivity index (χ1) is 10.8. The van der Waals surface area contributed by atoms with E-state index in [4.69, 9.17) is 0 Å². The average Bonchev–Trinajstić information content (AvgIpc) is 3.38. The van der Waals surface area contributed by atoms with Gasteiger partial charge in [-0.25, -0.2) is 9.97 Å². The van der Waals surface area contributed by atoms with Gasteiger partial charge in [-0.05, 0) is 37.3 Å². The summed E-state index contributed by atoms with van der Waals surface area (Å²) in [5.41, 5.74) is 2.96. The minimum absolute atomic E-state index is 0.101. The molecule has 1 fully saturated rings. The molecule has 2 aliphatic rings. The van der Waals surface area contributed by atoms with E-state index in [0.717, 1.165) is 38.0 Å². The third-order valence-corrected chi connectivity index (χ3v) is 4.18. The van der Waals surface area contributed by atoms with Crippen LogP contribution in [0.3, 0.4) is 0 Å². The second kappa shape index (κ2) is 5.40. The molecule has 5 nitrogen and oxygen atoms in total. The van der Waals surface area contributed by atoms with Crippen molar-refractivity contribution in [2.75, 3.05) is 11.4 Å². The molecule has 1 aliphatic carbocycles. The molecule has 1 aromatic carbocycles. The van der Waals surface area contributed by atoms with Gasteiger partial charge in [0.25, 0.3) is 5.91 Å². The zero-order valence-corrected chi connectivity index (χ0v) is 12.3. The van der Waals surface area contributed by atoms with Crippen molar-refractivity contribution in [1.82, 2.24) is 15.3 Å². The molecule has 2 aromatic rings. The number of carbonyl (C=O) groups excluding carboxylic acids is 1. The fourth-order valence-corrected chi connectivity index (χ4v) is 2.88. The number of hydrogen-bond donors (Lipinski definition) is 1. The van der Waals surface area contributed by atoms with Gasteiger partial charge in [0, 0.05) is 24.3 Å². The van der Waals surface area contributed by atoms with E-state index in [2.05, 4.69) is 38.4 Å². The molecule has 2 heterocycles. The molecule has 112 valence electrons. The van der Waals surface area contributed by atoms with Crippen LogP contribution in [0, 0.1) is 0 Å². The number of para-hydroxylation sites is 1. The van der Waals surface area contributed by atoms with Gasteiger partial charge in [0.1, 0.15) is 17.8 Å². The van der Waals surface area contributed by atoms with E-state index in [1.54, 1.807) is 6.07 Å². The highest BCUT2D eigenvalue weighted by Crippen LogP contribution is 2.32. The maximum atomic E-state index is 12.2. The van der Waals surface area contributed by atoms with Crippen molar-refractivity contribution < 1.29 is 4.79 Å². The van der Waals surface area contributed by atoms with Crippen LogP contribution in [0.1, 0.15) is 35.3 Å². The minimum atomic E-state index is -0.101. The molecule has 1 aromatic heterocycles. The number of carbonyl (C=O) groups is 1. The number of aryl methyl sites for hydroxylation is 1. The molecule has 5 heteroatoms. The van der Waals surface area contributed by atoms with Crippen LogP contribution in [0.4, 0.5) is 11.5 Å². The van der Waals surface area contributed by atoms with Crippen LogP contribution in [-0.4, -0.2) is 28.5 Å². The van der Waals surface area contributed by atoms with Gasteiger partial charge in [-0.15, -0.1) is 0 Å². The lowest BCUT2D eigenvalue weighted by Gasteiger charge is -2.30. The maximum absolute atomic E-state index is 12.2. The van der Waals surface area contributed by atoms with Gasteiger partial charge in [-0.1, -0.05) is 18.2 Å². The van der Waals surface area contributed by atoms with Crippen LogP contribution in [0.5, 0.6) is 0 Å². The topological polar surface area (TPSA) is 58.1 Å². The predicted octanol–water partition coefficient (Wildman–Crippen LogP) is 2.45. The molecule has 0 saturated heterocycles. The highest BCUT2D eigenvalue weighted by Gasteiger charge is 2.25.